The minimum absolute atomic E-state index is 0.149. The second-order valence-electron chi connectivity index (χ2n) is 4.19. The Morgan fingerprint density at radius 2 is 2.06 bits per heavy atom. The minimum Gasteiger partial charge on any atom is -0.409 e. The van der Waals surface area contributed by atoms with Gasteiger partial charge < -0.3 is 10.9 Å². The Hall–Kier alpha value is -0.680. The molecule has 0 spiro atoms. The van der Waals surface area contributed by atoms with Gasteiger partial charge in [-0.3, -0.25) is 0 Å². The van der Waals surface area contributed by atoms with Crippen LogP contribution in [0.1, 0.15) is 26.3 Å². The summed E-state index contributed by atoms with van der Waals surface area (Å²) in [5.41, 5.74) is 6.44. The SMILES string of the molecule is CC(C)C(C)Sc1cc(Br)ccc1/C(N)=N/O. The Morgan fingerprint density at radius 3 is 2.59 bits per heavy atom. The molecule has 0 heterocycles. The van der Waals surface area contributed by atoms with Gasteiger partial charge in [0.2, 0.25) is 0 Å². The van der Waals surface area contributed by atoms with Crippen LogP contribution in [0.3, 0.4) is 0 Å². The van der Waals surface area contributed by atoms with E-state index >= 15 is 0 Å². The van der Waals surface area contributed by atoms with Crippen molar-refractivity contribution in [3.8, 4) is 0 Å². The molecule has 94 valence electrons. The summed E-state index contributed by atoms with van der Waals surface area (Å²) in [5.74, 6) is 0.718. The van der Waals surface area contributed by atoms with E-state index in [4.69, 9.17) is 10.9 Å². The van der Waals surface area contributed by atoms with Gasteiger partial charge in [-0.2, -0.15) is 0 Å². The molecule has 0 saturated heterocycles. The van der Waals surface area contributed by atoms with Crippen molar-refractivity contribution in [3.63, 3.8) is 0 Å². The highest BCUT2D eigenvalue weighted by molar-refractivity contribution is 9.10. The lowest BCUT2D eigenvalue weighted by molar-refractivity contribution is 0.318. The molecular formula is C12H17BrN2OS. The van der Waals surface area contributed by atoms with E-state index in [2.05, 4.69) is 41.9 Å². The third-order valence-electron chi connectivity index (χ3n) is 2.58. The maximum Gasteiger partial charge on any atom is 0.171 e. The zero-order valence-corrected chi connectivity index (χ0v) is 12.5. The Morgan fingerprint density at radius 1 is 1.41 bits per heavy atom. The van der Waals surface area contributed by atoms with E-state index in [-0.39, 0.29) is 5.84 Å². The van der Waals surface area contributed by atoms with Crippen LogP contribution in [0.25, 0.3) is 0 Å². The molecule has 5 heteroatoms. The van der Waals surface area contributed by atoms with Gasteiger partial charge in [-0.1, -0.05) is 41.9 Å². The number of hydrogen-bond acceptors (Lipinski definition) is 3. The number of nitrogens with two attached hydrogens (primary N) is 1. The molecule has 0 amide bonds. The summed E-state index contributed by atoms with van der Waals surface area (Å²) >= 11 is 5.17. The summed E-state index contributed by atoms with van der Waals surface area (Å²) in [5, 5.41) is 12.3. The average Bonchev–Trinajstić information content (AvgIpc) is 2.28. The van der Waals surface area contributed by atoms with Gasteiger partial charge in [0, 0.05) is 20.2 Å². The molecule has 0 fully saturated rings. The molecule has 0 aliphatic heterocycles. The highest BCUT2D eigenvalue weighted by atomic mass is 79.9. The van der Waals surface area contributed by atoms with Crippen LogP contribution in [0, 0.1) is 5.92 Å². The van der Waals surface area contributed by atoms with Crippen LogP contribution in [-0.2, 0) is 0 Å². The first-order chi connectivity index (χ1) is 7.95. The number of oxime groups is 1. The summed E-state index contributed by atoms with van der Waals surface area (Å²) < 4.78 is 0.991. The van der Waals surface area contributed by atoms with E-state index in [1.54, 1.807) is 11.8 Å². The summed E-state index contributed by atoms with van der Waals surface area (Å²) in [4.78, 5) is 1.02. The molecule has 3 nitrogen and oxygen atoms in total. The highest BCUT2D eigenvalue weighted by Gasteiger charge is 2.14. The highest BCUT2D eigenvalue weighted by Crippen LogP contribution is 2.32. The summed E-state index contributed by atoms with van der Waals surface area (Å²) in [6, 6.07) is 5.74. The molecule has 1 unspecified atom stereocenters. The molecule has 0 aliphatic carbocycles. The molecule has 1 rings (SSSR count). The van der Waals surface area contributed by atoms with Gasteiger partial charge in [0.25, 0.3) is 0 Å². The Labute approximate surface area is 115 Å². The summed E-state index contributed by atoms with van der Waals surface area (Å²) in [6.45, 7) is 6.53. The fourth-order valence-corrected chi connectivity index (χ4v) is 2.88. The second-order valence-corrected chi connectivity index (χ2v) is 6.53. The van der Waals surface area contributed by atoms with Crippen molar-refractivity contribution in [2.24, 2.45) is 16.8 Å². The van der Waals surface area contributed by atoms with E-state index in [1.165, 1.54) is 0 Å². The van der Waals surface area contributed by atoms with E-state index in [1.807, 2.05) is 18.2 Å². The Kier molecular flexibility index (Phi) is 5.33. The van der Waals surface area contributed by atoms with E-state index < -0.39 is 0 Å². The monoisotopic (exact) mass is 316 g/mol. The number of thioether (sulfide) groups is 1. The molecule has 0 aromatic heterocycles. The van der Waals surface area contributed by atoms with Crippen LogP contribution < -0.4 is 5.73 Å². The fraction of sp³-hybridized carbons (Fsp3) is 0.417. The van der Waals surface area contributed by atoms with Gasteiger partial charge in [-0.25, -0.2) is 0 Å². The smallest absolute Gasteiger partial charge is 0.171 e. The predicted octanol–water partition coefficient (Wildman–Crippen LogP) is 3.68. The number of amidine groups is 1. The molecule has 1 aromatic rings. The maximum atomic E-state index is 8.77. The lowest BCUT2D eigenvalue weighted by Crippen LogP contribution is -2.15. The van der Waals surface area contributed by atoms with Crippen molar-refractivity contribution >= 4 is 33.5 Å². The number of halogens is 1. The van der Waals surface area contributed by atoms with Gasteiger partial charge in [0.05, 0.1) is 0 Å². The van der Waals surface area contributed by atoms with Crippen LogP contribution in [0.5, 0.6) is 0 Å². The van der Waals surface area contributed by atoms with Crippen molar-refractivity contribution in [2.45, 2.75) is 30.9 Å². The second kappa shape index (κ2) is 6.31. The maximum absolute atomic E-state index is 8.77. The number of nitrogens with zero attached hydrogens (tertiary/aromatic N) is 1. The van der Waals surface area contributed by atoms with Gasteiger partial charge in [-0.15, -0.1) is 11.8 Å². The number of hydrogen-bond donors (Lipinski definition) is 2. The molecule has 3 N–H and O–H groups in total. The first-order valence-electron chi connectivity index (χ1n) is 5.39. The first-order valence-corrected chi connectivity index (χ1v) is 7.07. The number of benzene rings is 1. The van der Waals surface area contributed by atoms with Gasteiger partial charge in [-0.05, 0) is 24.1 Å². The van der Waals surface area contributed by atoms with Gasteiger partial charge in [0.1, 0.15) is 0 Å². The summed E-state index contributed by atoms with van der Waals surface area (Å²) in [6.07, 6.45) is 0. The zero-order chi connectivity index (χ0) is 13.0. The van der Waals surface area contributed by atoms with Crippen molar-refractivity contribution < 1.29 is 5.21 Å². The van der Waals surface area contributed by atoms with Crippen molar-refractivity contribution in [2.75, 3.05) is 0 Å². The zero-order valence-electron chi connectivity index (χ0n) is 10.1. The minimum atomic E-state index is 0.149. The molecule has 17 heavy (non-hydrogen) atoms. The van der Waals surface area contributed by atoms with Crippen molar-refractivity contribution in [1.29, 1.82) is 0 Å². The van der Waals surface area contributed by atoms with E-state index in [0.717, 1.165) is 14.9 Å². The average molecular weight is 317 g/mol. The molecule has 0 aliphatic rings. The largest absolute Gasteiger partial charge is 0.409 e. The molecule has 1 atom stereocenters. The Bertz CT molecular complexity index is 421. The van der Waals surface area contributed by atoms with Crippen LogP contribution in [0.15, 0.2) is 32.7 Å². The Balaban J connectivity index is 3.07. The third kappa shape index (κ3) is 3.92. The summed E-state index contributed by atoms with van der Waals surface area (Å²) in [7, 11) is 0. The van der Waals surface area contributed by atoms with E-state index in [0.29, 0.717) is 11.2 Å². The fourth-order valence-electron chi connectivity index (χ4n) is 1.20. The molecule has 1 aromatic carbocycles. The lowest BCUT2D eigenvalue weighted by Gasteiger charge is -2.17. The third-order valence-corrected chi connectivity index (χ3v) is 4.58. The first kappa shape index (κ1) is 14.4. The van der Waals surface area contributed by atoms with Crippen LogP contribution in [0.2, 0.25) is 0 Å². The van der Waals surface area contributed by atoms with Gasteiger partial charge in [0.15, 0.2) is 5.84 Å². The van der Waals surface area contributed by atoms with Crippen LogP contribution in [-0.4, -0.2) is 16.3 Å². The molecule has 0 saturated carbocycles. The van der Waals surface area contributed by atoms with Crippen molar-refractivity contribution in [3.05, 3.63) is 28.2 Å². The molecule has 0 bridgehead atoms. The standard InChI is InChI=1S/C12H17BrN2OS/c1-7(2)8(3)17-11-6-9(13)4-5-10(11)12(14)15-16/h4-8,16H,1-3H3,(H2,14,15). The van der Waals surface area contributed by atoms with E-state index in [9.17, 15) is 0 Å². The molecule has 0 radical (unpaired) electrons. The lowest BCUT2D eigenvalue weighted by atomic mass is 10.2. The van der Waals surface area contributed by atoms with Crippen LogP contribution >= 0.6 is 27.7 Å². The number of rotatable bonds is 4. The predicted molar refractivity (Wildman–Crippen MR) is 76.8 cm³/mol. The van der Waals surface area contributed by atoms with Crippen molar-refractivity contribution in [1.82, 2.24) is 0 Å². The van der Waals surface area contributed by atoms with Gasteiger partial charge >= 0.3 is 0 Å². The topological polar surface area (TPSA) is 58.6 Å². The quantitative estimate of drug-likeness (QED) is 0.293. The van der Waals surface area contributed by atoms with Crippen LogP contribution in [0.4, 0.5) is 0 Å². The molecular weight excluding hydrogens is 300 g/mol. The normalized spacial score (nSPS) is 14.1.